The van der Waals surface area contributed by atoms with Crippen molar-refractivity contribution < 1.29 is 0 Å². The molecule has 1 aliphatic carbocycles. The maximum absolute atomic E-state index is 4.56. The molecule has 1 aliphatic heterocycles. The van der Waals surface area contributed by atoms with Crippen LogP contribution in [0.25, 0.3) is 0 Å². The average Bonchev–Trinajstić information content (AvgIpc) is 1.83. The van der Waals surface area contributed by atoms with Crippen molar-refractivity contribution in [3.63, 3.8) is 0 Å². The summed E-state index contributed by atoms with van der Waals surface area (Å²) in [5.74, 6) is 0. The Labute approximate surface area is 70.4 Å². The Bertz CT molecular complexity index is 169. The van der Waals surface area contributed by atoms with E-state index < -0.39 is 6.89 Å². The highest BCUT2D eigenvalue weighted by molar-refractivity contribution is 7.74. The van der Waals surface area contributed by atoms with Crippen molar-refractivity contribution in [2.75, 3.05) is 12.3 Å². The van der Waals surface area contributed by atoms with Crippen molar-refractivity contribution in [3.05, 3.63) is 0 Å². The SMILES string of the molecule is C=P1(C2CCC2)CCCCC1. The van der Waals surface area contributed by atoms with Gasteiger partial charge in [0.15, 0.2) is 0 Å². The van der Waals surface area contributed by atoms with Crippen LogP contribution in [-0.2, 0) is 0 Å². The van der Waals surface area contributed by atoms with Crippen molar-refractivity contribution in [2.45, 2.75) is 44.2 Å². The fourth-order valence-electron chi connectivity index (χ4n) is 2.44. The van der Waals surface area contributed by atoms with Crippen LogP contribution in [0.1, 0.15) is 38.5 Å². The third-order valence-electron chi connectivity index (χ3n) is 3.56. The molecule has 64 valence electrons. The fraction of sp³-hybridized carbons (Fsp3) is 0.900. The zero-order valence-corrected chi connectivity index (χ0v) is 8.28. The molecular weight excluding hydrogens is 151 g/mol. The molecule has 0 aromatic carbocycles. The van der Waals surface area contributed by atoms with Gasteiger partial charge in [-0.2, -0.15) is 0 Å². The van der Waals surface area contributed by atoms with Crippen molar-refractivity contribution in [2.24, 2.45) is 0 Å². The van der Waals surface area contributed by atoms with Crippen molar-refractivity contribution >= 4 is 13.2 Å². The summed E-state index contributed by atoms with van der Waals surface area (Å²) >= 11 is 0. The molecule has 0 amide bonds. The second kappa shape index (κ2) is 2.98. The summed E-state index contributed by atoms with van der Waals surface area (Å²) in [5, 5.41) is 0. The van der Waals surface area contributed by atoms with Gasteiger partial charge in [-0.15, -0.1) is 13.2 Å². The van der Waals surface area contributed by atoms with Gasteiger partial charge in [0.1, 0.15) is 0 Å². The van der Waals surface area contributed by atoms with Gasteiger partial charge >= 0.3 is 0 Å². The molecule has 1 saturated heterocycles. The van der Waals surface area contributed by atoms with E-state index in [-0.39, 0.29) is 0 Å². The van der Waals surface area contributed by atoms with Gasteiger partial charge in [0.05, 0.1) is 0 Å². The van der Waals surface area contributed by atoms with Crippen molar-refractivity contribution in [1.82, 2.24) is 0 Å². The second-order valence-corrected chi connectivity index (χ2v) is 8.37. The normalized spacial score (nSPS) is 31.3. The van der Waals surface area contributed by atoms with Crippen LogP contribution in [0.15, 0.2) is 0 Å². The van der Waals surface area contributed by atoms with Gasteiger partial charge in [-0.25, -0.2) is 0 Å². The molecule has 0 spiro atoms. The predicted octanol–water partition coefficient (Wildman–Crippen LogP) is 3.17. The molecule has 11 heavy (non-hydrogen) atoms. The van der Waals surface area contributed by atoms with Crippen LogP contribution in [0.3, 0.4) is 0 Å². The molecule has 0 radical (unpaired) electrons. The minimum atomic E-state index is -0.618. The molecule has 0 atom stereocenters. The molecule has 0 nitrogen and oxygen atoms in total. The molecule has 1 heteroatoms. The Hall–Kier alpha value is 0.300. The largest absolute Gasteiger partial charge is 0.109 e. The first kappa shape index (κ1) is 7.92. The third-order valence-corrected chi connectivity index (χ3v) is 8.04. The van der Waals surface area contributed by atoms with E-state index in [2.05, 4.69) is 6.30 Å². The van der Waals surface area contributed by atoms with Crippen LogP contribution in [0.2, 0.25) is 0 Å². The highest BCUT2D eigenvalue weighted by Gasteiger charge is 2.31. The third kappa shape index (κ3) is 1.43. The number of hydrogen-bond donors (Lipinski definition) is 0. The van der Waals surface area contributed by atoms with Gasteiger partial charge in [-0.05, 0) is 43.7 Å². The van der Waals surface area contributed by atoms with Gasteiger partial charge in [-0.1, -0.05) is 12.8 Å². The molecule has 2 aliphatic rings. The molecule has 2 rings (SSSR count). The van der Waals surface area contributed by atoms with Gasteiger partial charge in [0.2, 0.25) is 0 Å². The summed E-state index contributed by atoms with van der Waals surface area (Å²) in [7, 11) is 0. The molecule has 1 heterocycles. The summed E-state index contributed by atoms with van der Waals surface area (Å²) in [6, 6.07) is 0. The minimum Gasteiger partial charge on any atom is -0.109 e. The average molecular weight is 170 g/mol. The highest BCUT2D eigenvalue weighted by atomic mass is 31.2. The number of rotatable bonds is 1. The van der Waals surface area contributed by atoms with Crippen molar-refractivity contribution in [3.8, 4) is 0 Å². The summed E-state index contributed by atoms with van der Waals surface area (Å²) in [5.41, 5.74) is 1.11. The molecule has 0 N–H and O–H groups in total. The van der Waals surface area contributed by atoms with Gasteiger partial charge in [-0.3, -0.25) is 0 Å². The van der Waals surface area contributed by atoms with Gasteiger partial charge in [0, 0.05) is 0 Å². The lowest BCUT2D eigenvalue weighted by atomic mass is 10.00. The summed E-state index contributed by atoms with van der Waals surface area (Å²) < 4.78 is 0. The van der Waals surface area contributed by atoms with E-state index in [4.69, 9.17) is 0 Å². The first-order chi connectivity index (χ1) is 5.31. The van der Waals surface area contributed by atoms with E-state index in [0.717, 1.165) is 5.66 Å². The molecule has 1 saturated carbocycles. The van der Waals surface area contributed by atoms with Crippen LogP contribution < -0.4 is 0 Å². The monoisotopic (exact) mass is 170 g/mol. The van der Waals surface area contributed by atoms with Crippen LogP contribution in [-0.4, -0.2) is 24.3 Å². The molecule has 0 aromatic heterocycles. The molecule has 2 fully saturated rings. The van der Waals surface area contributed by atoms with Gasteiger partial charge in [0.25, 0.3) is 0 Å². The smallest absolute Gasteiger partial charge is 0.0215 e. The Balaban J connectivity index is 2.00. The Morgan fingerprint density at radius 2 is 1.55 bits per heavy atom. The standard InChI is InChI=1S/C10H19P/c1-11(10-6-5-7-10)8-3-2-4-9-11/h10H,1-9H2. The summed E-state index contributed by atoms with van der Waals surface area (Å²) in [4.78, 5) is 0. The Morgan fingerprint density at radius 1 is 0.909 bits per heavy atom. The lowest BCUT2D eigenvalue weighted by Gasteiger charge is -2.41. The zero-order chi connectivity index (χ0) is 7.73. The second-order valence-electron chi connectivity index (χ2n) is 4.31. The van der Waals surface area contributed by atoms with E-state index in [0.29, 0.717) is 0 Å². The predicted molar refractivity (Wildman–Crippen MR) is 55.3 cm³/mol. The molecule has 0 bridgehead atoms. The van der Waals surface area contributed by atoms with Crippen LogP contribution >= 0.6 is 6.89 Å². The summed E-state index contributed by atoms with van der Waals surface area (Å²) in [6.07, 6.45) is 16.6. The summed E-state index contributed by atoms with van der Waals surface area (Å²) in [6.45, 7) is -0.618. The Kier molecular flexibility index (Phi) is 2.14. The Morgan fingerprint density at radius 3 is 2.00 bits per heavy atom. The van der Waals surface area contributed by atoms with Crippen LogP contribution in [0.4, 0.5) is 0 Å². The zero-order valence-electron chi connectivity index (χ0n) is 7.39. The topological polar surface area (TPSA) is 0 Å². The first-order valence-electron chi connectivity index (χ1n) is 5.02. The van der Waals surface area contributed by atoms with E-state index in [9.17, 15) is 0 Å². The highest BCUT2D eigenvalue weighted by Crippen LogP contribution is 2.60. The lowest BCUT2D eigenvalue weighted by molar-refractivity contribution is 0.508. The molecule has 0 aromatic rings. The van der Waals surface area contributed by atoms with Crippen LogP contribution in [0, 0.1) is 0 Å². The van der Waals surface area contributed by atoms with Crippen molar-refractivity contribution in [1.29, 1.82) is 0 Å². The minimum absolute atomic E-state index is 0.618. The van der Waals surface area contributed by atoms with E-state index in [1.807, 2.05) is 0 Å². The molecular formula is C10H19P. The fourth-order valence-corrected chi connectivity index (χ4v) is 6.56. The van der Waals surface area contributed by atoms with E-state index in [1.54, 1.807) is 0 Å². The van der Waals surface area contributed by atoms with Gasteiger partial charge < -0.3 is 0 Å². The number of hydrogen-bond acceptors (Lipinski definition) is 0. The lowest BCUT2D eigenvalue weighted by Crippen LogP contribution is -2.23. The first-order valence-corrected chi connectivity index (χ1v) is 7.44. The van der Waals surface area contributed by atoms with Crippen LogP contribution in [0.5, 0.6) is 0 Å². The molecule has 0 unspecified atom stereocenters. The maximum Gasteiger partial charge on any atom is -0.0215 e. The quantitative estimate of drug-likeness (QED) is 0.530. The van der Waals surface area contributed by atoms with E-state index in [1.165, 1.54) is 50.8 Å². The maximum atomic E-state index is 4.56. The van der Waals surface area contributed by atoms with E-state index >= 15 is 0 Å².